The molecule has 1 aromatic carbocycles. The highest BCUT2D eigenvalue weighted by atomic mass is 35.5. The molecule has 25 heavy (non-hydrogen) atoms. The molecule has 0 spiro atoms. The Labute approximate surface area is 158 Å². The molecule has 1 saturated heterocycles. The third-order valence-corrected chi connectivity index (χ3v) is 6.19. The first-order valence-corrected chi connectivity index (χ1v) is 9.23. The van der Waals surface area contributed by atoms with Crippen LogP contribution in [-0.2, 0) is 9.59 Å². The molecule has 1 heterocycles. The minimum Gasteiger partial charge on any atom is -0.340 e. The van der Waals surface area contributed by atoms with Crippen LogP contribution in [0.2, 0.25) is 0 Å². The first-order chi connectivity index (χ1) is 11.7. The molecule has 1 N–H and O–H groups in total. The van der Waals surface area contributed by atoms with Crippen LogP contribution in [0.1, 0.15) is 18.9 Å². The summed E-state index contributed by atoms with van der Waals surface area (Å²) in [6, 6.07) is 7.72. The number of halogens is 2. The number of anilines is 1. The molecule has 2 amide bonds. The number of hydrogen-bond acceptors (Lipinski definition) is 3. The molecular formula is C18H23Cl2N3O2. The number of rotatable bonds is 4. The Morgan fingerprint density at radius 1 is 1.12 bits per heavy atom. The number of aryl methyl sites for hydroxylation is 1. The Morgan fingerprint density at radius 2 is 1.68 bits per heavy atom. The SMILES string of the molecule is Cc1ccc(NC(=O)CN2CCN(C(=O)[C@]3(C)CC3(Cl)Cl)CC2)cc1. The predicted octanol–water partition coefficient (Wildman–Crippen LogP) is 2.66. The Hall–Kier alpha value is -1.30. The molecule has 0 bridgehead atoms. The molecule has 7 heteroatoms. The van der Waals surface area contributed by atoms with Crippen molar-refractivity contribution in [3.63, 3.8) is 0 Å². The molecule has 0 aromatic heterocycles. The minimum atomic E-state index is -0.935. The van der Waals surface area contributed by atoms with Gasteiger partial charge in [-0.15, -0.1) is 23.2 Å². The second kappa shape index (κ2) is 6.78. The van der Waals surface area contributed by atoms with Gasteiger partial charge in [0.25, 0.3) is 0 Å². The van der Waals surface area contributed by atoms with Crippen LogP contribution in [0.25, 0.3) is 0 Å². The van der Waals surface area contributed by atoms with Crippen molar-refractivity contribution in [3.8, 4) is 0 Å². The fourth-order valence-corrected chi connectivity index (χ4v) is 3.83. The van der Waals surface area contributed by atoms with Gasteiger partial charge in [0, 0.05) is 31.9 Å². The fraction of sp³-hybridized carbons (Fsp3) is 0.556. The van der Waals surface area contributed by atoms with E-state index in [0.29, 0.717) is 39.1 Å². The van der Waals surface area contributed by atoms with E-state index in [1.807, 2.05) is 38.1 Å². The highest BCUT2D eigenvalue weighted by Gasteiger charge is 2.68. The van der Waals surface area contributed by atoms with Crippen molar-refractivity contribution in [1.82, 2.24) is 9.80 Å². The van der Waals surface area contributed by atoms with Crippen molar-refractivity contribution < 1.29 is 9.59 Å². The molecule has 2 aliphatic rings. The second-order valence-electron chi connectivity index (χ2n) is 7.20. The normalized spacial score (nSPS) is 25.5. The van der Waals surface area contributed by atoms with E-state index in [4.69, 9.17) is 23.2 Å². The Kier molecular flexibility index (Phi) is 5.02. The van der Waals surface area contributed by atoms with Crippen molar-refractivity contribution in [2.75, 3.05) is 38.0 Å². The zero-order chi connectivity index (χ0) is 18.2. The van der Waals surface area contributed by atoms with Gasteiger partial charge in [-0.1, -0.05) is 17.7 Å². The average molecular weight is 384 g/mol. The summed E-state index contributed by atoms with van der Waals surface area (Å²) in [5.41, 5.74) is 1.29. The highest BCUT2D eigenvalue weighted by Crippen LogP contribution is 2.64. The van der Waals surface area contributed by atoms with Gasteiger partial charge in [0.1, 0.15) is 4.33 Å². The smallest absolute Gasteiger partial charge is 0.238 e. The summed E-state index contributed by atoms with van der Waals surface area (Å²) in [4.78, 5) is 28.6. The summed E-state index contributed by atoms with van der Waals surface area (Å²) in [5.74, 6) is -0.0282. The standard InChI is InChI=1S/C18H23Cl2N3O2/c1-13-3-5-14(6-4-13)21-15(24)11-22-7-9-23(10-8-22)16(25)17(2)12-18(17,19)20/h3-6H,7-12H2,1-2H3,(H,21,24)/t17-/m0/s1. The highest BCUT2D eigenvalue weighted by molar-refractivity contribution is 6.53. The van der Waals surface area contributed by atoms with Crippen molar-refractivity contribution in [1.29, 1.82) is 0 Å². The van der Waals surface area contributed by atoms with E-state index in [1.165, 1.54) is 0 Å². The van der Waals surface area contributed by atoms with E-state index < -0.39 is 9.75 Å². The number of amides is 2. The maximum absolute atomic E-state index is 12.6. The maximum atomic E-state index is 12.6. The largest absolute Gasteiger partial charge is 0.340 e. The van der Waals surface area contributed by atoms with Crippen molar-refractivity contribution >= 4 is 40.7 Å². The number of alkyl halides is 2. The molecule has 2 fully saturated rings. The molecule has 1 aliphatic carbocycles. The van der Waals surface area contributed by atoms with E-state index in [2.05, 4.69) is 10.2 Å². The number of carbonyl (C=O) groups excluding carboxylic acids is 2. The van der Waals surface area contributed by atoms with Gasteiger partial charge in [-0.3, -0.25) is 14.5 Å². The zero-order valence-corrected chi connectivity index (χ0v) is 16.0. The molecule has 5 nitrogen and oxygen atoms in total. The van der Waals surface area contributed by atoms with E-state index in [0.717, 1.165) is 11.3 Å². The summed E-state index contributed by atoms with van der Waals surface area (Å²) in [7, 11) is 0. The molecule has 0 unspecified atom stereocenters. The summed E-state index contributed by atoms with van der Waals surface area (Å²) >= 11 is 12.2. The summed E-state index contributed by atoms with van der Waals surface area (Å²) in [6.45, 7) is 6.67. The van der Waals surface area contributed by atoms with E-state index in [-0.39, 0.29) is 11.8 Å². The topological polar surface area (TPSA) is 52.7 Å². The molecule has 0 radical (unpaired) electrons. The number of carbonyl (C=O) groups is 2. The lowest BCUT2D eigenvalue weighted by atomic mass is 10.1. The van der Waals surface area contributed by atoms with Gasteiger partial charge in [0.15, 0.2) is 0 Å². The van der Waals surface area contributed by atoms with Gasteiger partial charge in [-0.05, 0) is 32.4 Å². The molecule has 3 rings (SSSR count). The number of hydrogen-bond donors (Lipinski definition) is 1. The maximum Gasteiger partial charge on any atom is 0.238 e. The summed E-state index contributed by atoms with van der Waals surface area (Å²) in [5, 5.41) is 2.90. The lowest BCUT2D eigenvalue weighted by Crippen LogP contribution is -2.52. The number of nitrogens with zero attached hydrogens (tertiary/aromatic N) is 2. The Morgan fingerprint density at radius 3 is 2.20 bits per heavy atom. The first-order valence-electron chi connectivity index (χ1n) is 8.47. The van der Waals surface area contributed by atoms with Crippen LogP contribution in [0.5, 0.6) is 0 Å². The molecule has 136 valence electrons. The van der Waals surface area contributed by atoms with Crippen LogP contribution in [0.3, 0.4) is 0 Å². The Balaban J connectivity index is 1.45. The lowest BCUT2D eigenvalue weighted by Gasteiger charge is -2.36. The lowest BCUT2D eigenvalue weighted by molar-refractivity contribution is -0.138. The van der Waals surface area contributed by atoms with Crippen LogP contribution in [0.15, 0.2) is 24.3 Å². The van der Waals surface area contributed by atoms with E-state index >= 15 is 0 Å². The minimum absolute atomic E-state index is 0.0151. The Bertz CT molecular complexity index is 669. The summed E-state index contributed by atoms with van der Waals surface area (Å²) < 4.78 is -0.935. The number of benzene rings is 1. The number of piperazine rings is 1. The van der Waals surface area contributed by atoms with Crippen LogP contribution in [0.4, 0.5) is 5.69 Å². The van der Waals surface area contributed by atoms with Crippen LogP contribution in [0, 0.1) is 12.3 Å². The monoisotopic (exact) mass is 383 g/mol. The number of nitrogens with one attached hydrogen (secondary N) is 1. The van der Waals surface area contributed by atoms with Crippen LogP contribution < -0.4 is 5.32 Å². The molecule has 1 saturated carbocycles. The van der Waals surface area contributed by atoms with E-state index in [9.17, 15) is 9.59 Å². The fourth-order valence-electron chi connectivity index (χ4n) is 3.13. The molecule has 1 aromatic rings. The van der Waals surface area contributed by atoms with Crippen molar-refractivity contribution in [3.05, 3.63) is 29.8 Å². The van der Waals surface area contributed by atoms with Gasteiger partial charge in [-0.2, -0.15) is 0 Å². The third-order valence-electron chi connectivity index (χ3n) is 5.09. The van der Waals surface area contributed by atoms with Gasteiger partial charge in [0.05, 0.1) is 12.0 Å². The summed E-state index contributed by atoms with van der Waals surface area (Å²) in [6.07, 6.45) is 0.501. The van der Waals surface area contributed by atoms with Gasteiger partial charge < -0.3 is 10.2 Å². The van der Waals surface area contributed by atoms with Gasteiger partial charge in [0.2, 0.25) is 11.8 Å². The van der Waals surface area contributed by atoms with Crippen LogP contribution in [-0.4, -0.2) is 58.7 Å². The van der Waals surface area contributed by atoms with E-state index in [1.54, 1.807) is 4.90 Å². The average Bonchev–Trinajstić information content (AvgIpc) is 3.09. The van der Waals surface area contributed by atoms with Gasteiger partial charge >= 0.3 is 0 Å². The molecule has 1 aliphatic heterocycles. The quantitative estimate of drug-likeness (QED) is 0.813. The van der Waals surface area contributed by atoms with Gasteiger partial charge in [-0.25, -0.2) is 0 Å². The third kappa shape index (κ3) is 3.94. The first kappa shape index (κ1) is 18.5. The molecule has 1 atom stereocenters. The predicted molar refractivity (Wildman–Crippen MR) is 100.0 cm³/mol. The van der Waals surface area contributed by atoms with Crippen LogP contribution >= 0.6 is 23.2 Å². The zero-order valence-electron chi connectivity index (χ0n) is 14.5. The van der Waals surface area contributed by atoms with Crippen molar-refractivity contribution in [2.24, 2.45) is 5.41 Å². The van der Waals surface area contributed by atoms with Crippen molar-refractivity contribution in [2.45, 2.75) is 24.6 Å². The second-order valence-corrected chi connectivity index (χ2v) is 8.68. The molecular weight excluding hydrogens is 361 g/mol.